The summed E-state index contributed by atoms with van der Waals surface area (Å²) < 4.78 is 0. The Balaban J connectivity index is 2.05. The molecule has 0 aromatic rings. The second kappa shape index (κ2) is 9.37. The summed E-state index contributed by atoms with van der Waals surface area (Å²) in [5, 5.41) is 6.52. The largest absolute Gasteiger partial charge is 0.354 e. The van der Waals surface area contributed by atoms with E-state index in [-0.39, 0.29) is 5.91 Å². The first-order valence-corrected chi connectivity index (χ1v) is 7.72. The van der Waals surface area contributed by atoms with Gasteiger partial charge in [-0.3, -0.25) is 4.79 Å². The molecule has 3 nitrogen and oxygen atoms in total. The summed E-state index contributed by atoms with van der Waals surface area (Å²) >= 11 is 0. The zero-order valence-electron chi connectivity index (χ0n) is 12.1. The van der Waals surface area contributed by atoms with Crippen LogP contribution in [0.4, 0.5) is 0 Å². The van der Waals surface area contributed by atoms with E-state index >= 15 is 0 Å². The Morgan fingerprint density at radius 3 is 2.94 bits per heavy atom. The zero-order valence-corrected chi connectivity index (χ0v) is 12.1. The van der Waals surface area contributed by atoms with Crippen LogP contribution in [0.2, 0.25) is 0 Å². The molecule has 1 heterocycles. The maximum absolute atomic E-state index is 11.8. The fourth-order valence-corrected chi connectivity index (χ4v) is 2.63. The van der Waals surface area contributed by atoms with Gasteiger partial charge in [0.25, 0.3) is 0 Å². The molecule has 0 bridgehead atoms. The number of unbranched alkanes of at least 4 members (excludes halogenated alkanes) is 2. The van der Waals surface area contributed by atoms with Crippen molar-refractivity contribution in [3.63, 3.8) is 0 Å². The first kappa shape index (κ1) is 15.5. The Morgan fingerprint density at radius 1 is 1.44 bits per heavy atom. The predicted octanol–water partition coefficient (Wildman–Crippen LogP) is 2.85. The standard InChI is InChI=1S/C15H30N2O/c1-3-4-5-7-13(2)17-15(18)10-9-14-8-6-11-16-12-14/h13-14,16H,3-12H2,1-2H3,(H,17,18). The van der Waals surface area contributed by atoms with Gasteiger partial charge in [0, 0.05) is 12.5 Å². The highest BCUT2D eigenvalue weighted by Crippen LogP contribution is 2.15. The van der Waals surface area contributed by atoms with Gasteiger partial charge in [-0.25, -0.2) is 0 Å². The molecule has 1 amide bonds. The lowest BCUT2D eigenvalue weighted by Crippen LogP contribution is -2.34. The Morgan fingerprint density at radius 2 is 2.28 bits per heavy atom. The minimum absolute atomic E-state index is 0.240. The van der Waals surface area contributed by atoms with Gasteiger partial charge in [0.1, 0.15) is 0 Å². The number of nitrogens with one attached hydrogen (secondary N) is 2. The van der Waals surface area contributed by atoms with Gasteiger partial charge < -0.3 is 10.6 Å². The molecule has 0 radical (unpaired) electrons. The molecule has 1 aliphatic heterocycles. The summed E-state index contributed by atoms with van der Waals surface area (Å²) in [5.41, 5.74) is 0. The molecule has 1 saturated heterocycles. The molecule has 2 unspecified atom stereocenters. The molecule has 1 aliphatic rings. The molecule has 2 atom stereocenters. The number of carbonyl (C=O) groups is 1. The van der Waals surface area contributed by atoms with Gasteiger partial charge in [0.15, 0.2) is 0 Å². The molecular weight excluding hydrogens is 224 g/mol. The van der Waals surface area contributed by atoms with E-state index in [9.17, 15) is 4.79 Å². The van der Waals surface area contributed by atoms with Crippen LogP contribution < -0.4 is 10.6 Å². The van der Waals surface area contributed by atoms with Crippen LogP contribution in [0, 0.1) is 5.92 Å². The summed E-state index contributed by atoms with van der Waals surface area (Å²) in [7, 11) is 0. The monoisotopic (exact) mass is 254 g/mol. The molecule has 0 spiro atoms. The lowest BCUT2D eigenvalue weighted by molar-refractivity contribution is -0.122. The Bertz CT molecular complexity index is 225. The Hall–Kier alpha value is -0.570. The van der Waals surface area contributed by atoms with Gasteiger partial charge in [-0.05, 0) is 51.6 Å². The zero-order chi connectivity index (χ0) is 13.2. The van der Waals surface area contributed by atoms with Crippen LogP contribution in [0.3, 0.4) is 0 Å². The smallest absolute Gasteiger partial charge is 0.220 e. The van der Waals surface area contributed by atoms with E-state index < -0.39 is 0 Å². The van der Waals surface area contributed by atoms with Gasteiger partial charge in [0.05, 0.1) is 0 Å². The van der Waals surface area contributed by atoms with E-state index in [4.69, 9.17) is 0 Å². The molecular formula is C15H30N2O. The van der Waals surface area contributed by atoms with Crippen molar-refractivity contribution in [3.8, 4) is 0 Å². The Labute approximate surface area is 112 Å². The number of rotatable bonds is 8. The maximum atomic E-state index is 11.8. The van der Waals surface area contributed by atoms with Crippen molar-refractivity contribution < 1.29 is 4.79 Å². The van der Waals surface area contributed by atoms with Crippen molar-refractivity contribution >= 4 is 5.91 Å². The third kappa shape index (κ3) is 7.00. The van der Waals surface area contributed by atoms with Crippen molar-refractivity contribution in [3.05, 3.63) is 0 Å². The van der Waals surface area contributed by atoms with Gasteiger partial charge in [0.2, 0.25) is 5.91 Å². The molecule has 1 fully saturated rings. The van der Waals surface area contributed by atoms with Crippen LogP contribution in [0.5, 0.6) is 0 Å². The Kier molecular flexibility index (Phi) is 8.06. The third-order valence-electron chi connectivity index (χ3n) is 3.83. The van der Waals surface area contributed by atoms with Crippen molar-refractivity contribution in [2.24, 2.45) is 5.92 Å². The van der Waals surface area contributed by atoms with Crippen LogP contribution >= 0.6 is 0 Å². The highest BCUT2D eigenvalue weighted by molar-refractivity contribution is 5.76. The predicted molar refractivity (Wildman–Crippen MR) is 76.6 cm³/mol. The molecule has 0 aromatic carbocycles. The molecule has 2 N–H and O–H groups in total. The van der Waals surface area contributed by atoms with Crippen LogP contribution in [0.1, 0.15) is 65.2 Å². The second-order valence-corrected chi connectivity index (χ2v) is 5.72. The first-order valence-electron chi connectivity index (χ1n) is 7.72. The molecule has 0 saturated carbocycles. The fraction of sp³-hybridized carbons (Fsp3) is 0.933. The van der Waals surface area contributed by atoms with Gasteiger partial charge >= 0.3 is 0 Å². The molecule has 18 heavy (non-hydrogen) atoms. The third-order valence-corrected chi connectivity index (χ3v) is 3.83. The summed E-state index contributed by atoms with van der Waals surface area (Å²) in [5.74, 6) is 0.949. The second-order valence-electron chi connectivity index (χ2n) is 5.72. The number of piperidine rings is 1. The lowest BCUT2D eigenvalue weighted by Gasteiger charge is -2.22. The number of hydrogen-bond acceptors (Lipinski definition) is 2. The van der Waals surface area contributed by atoms with Gasteiger partial charge in [-0.2, -0.15) is 0 Å². The molecule has 3 heteroatoms. The van der Waals surface area contributed by atoms with Crippen molar-refractivity contribution in [2.45, 2.75) is 71.3 Å². The molecule has 106 valence electrons. The van der Waals surface area contributed by atoms with Crippen molar-refractivity contribution in [1.29, 1.82) is 0 Å². The van der Waals surface area contributed by atoms with E-state index in [2.05, 4.69) is 24.5 Å². The maximum Gasteiger partial charge on any atom is 0.220 e. The van der Waals surface area contributed by atoms with E-state index in [1.807, 2.05) is 0 Å². The highest BCUT2D eigenvalue weighted by Gasteiger charge is 2.15. The summed E-state index contributed by atoms with van der Waals surface area (Å²) in [6.45, 7) is 6.58. The minimum atomic E-state index is 0.240. The SMILES string of the molecule is CCCCCC(C)NC(=O)CCC1CCCNC1. The van der Waals surface area contributed by atoms with Gasteiger partial charge in [-0.1, -0.05) is 26.2 Å². The van der Waals surface area contributed by atoms with Crippen molar-refractivity contribution in [1.82, 2.24) is 10.6 Å². The summed E-state index contributed by atoms with van der Waals surface area (Å²) in [4.78, 5) is 11.8. The normalized spacial score (nSPS) is 21.6. The first-order chi connectivity index (χ1) is 8.72. The van der Waals surface area contributed by atoms with Crippen molar-refractivity contribution in [2.75, 3.05) is 13.1 Å². The number of amides is 1. The van der Waals surface area contributed by atoms with E-state index in [0.29, 0.717) is 18.4 Å². The van der Waals surface area contributed by atoms with Crippen LogP contribution in [0.15, 0.2) is 0 Å². The fourth-order valence-electron chi connectivity index (χ4n) is 2.63. The lowest BCUT2D eigenvalue weighted by atomic mass is 9.94. The number of hydrogen-bond donors (Lipinski definition) is 2. The summed E-state index contributed by atoms with van der Waals surface area (Å²) in [6.07, 6.45) is 9.15. The van der Waals surface area contributed by atoms with Crippen LogP contribution in [0.25, 0.3) is 0 Å². The van der Waals surface area contributed by atoms with Gasteiger partial charge in [-0.15, -0.1) is 0 Å². The van der Waals surface area contributed by atoms with E-state index in [1.165, 1.54) is 32.1 Å². The minimum Gasteiger partial charge on any atom is -0.354 e. The molecule has 0 aromatic heterocycles. The average molecular weight is 254 g/mol. The summed E-state index contributed by atoms with van der Waals surface area (Å²) in [6, 6.07) is 0.341. The highest BCUT2D eigenvalue weighted by atomic mass is 16.1. The molecule has 1 rings (SSSR count). The average Bonchev–Trinajstić information content (AvgIpc) is 2.38. The van der Waals surface area contributed by atoms with E-state index in [1.54, 1.807) is 0 Å². The quantitative estimate of drug-likeness (QED) is 0.654. The number of carbonyl (C=O) groups excluding carboxylic acids is 1. The topological polar surface area (TPSA) is 41.1 Å². The molecule has 0 aliphatic carbocycles. The van der Waals surface area contributed by atoms with Crippen LogP contribution in [-0.4, -0.2) is 25.0 Å². The van der Waals surface area contributed by atoms with E-state index in [0.717, 1.165) is 25.9 Å². The van der Waals surface area contributed by atoms with Crippen LogP contribution in [-0.2, 0) is 4.79 Å².